The quantitative estimate of drug-likeness (QED) is 0.815. The van der Waals surface area contributed by atoms with Crippen molar-refractivity contribution in [3.8, 4) is 5.75 Å². The Morgan fingerprint density at radius 1 is 1.53 bits per heavy atom. The molecule has 0 fully saturated rings. The van der Waals surface area contributed by atoms with E-state index in [9.17, 15) is 0 Å². The number of nitrogens with two attached hydrogens (primary N) is 1. The van der Waals surface area contributed by atoms with Crippen LogP contribution in [0.3, 0.4) is 0 Å². The maximum absolute atomic E-state index is 5.58. The molecule has 0 bridgehead atoms. The molecule has 0 aliphatic carbocycles. The summed E-state index contributed by atoms with van der Waals surface area (Å²) in [5.74, 6) is 0.865. The van der Waals surface area contributed by atoms with E-state index in [0.717, 1.165) is 23.2 Å². The van der Waals surface area contributed by atoms with Gasteiger partial charge in [0.2, 0.25) is 0 Å². The molecule has 0 aliphatic rings. The van der Waals surface area contributed by atoms with Gasteiger partial charge in [-0.25, -0.2) is 4.98 Å². The Morgan fingerprint density at radius 2 is 2.33 bits per heavy atom. The standard InChI is InChI=1S/C11H15N3O/c1-14-7-8(3-5-12)10-9(15-2)4-6-13-11(10)14/h4,6-7H,3,5,12H2,1-2H3. The van der Waals surface area contributed by atoms with Crippen LogP contribution in [0, 0.1) is 0 Å². The van der Waals surface area contributed by atoms with E-state index in [1.165, 1.54) is 5.56 Å². The molecular formula is C11H15N3O. The van der Waals surface area contributed by atoms with Crippen LogP contribution in [0.2, 0.25) is 0 Å². The van der Waals surface area contributed by atoms with Crippen molar-refractivity contribution < 1.29 is 4.74 Å². The summed E-state index contributed by atoms with van der Waals surface area (Å²) in [6, 6.07) is 1.88. The Balaban J connectivity index is 2.70. The van der Waals surface area contributed by atoms with Crippen LogP contribution in [0.1, 0.15) is 5.56 Å². The fourth-order valence-corrected chi connectivity index (χ4v) is 1.88. The van der Waals surface area contributed by atoms with Gasteiger partial charge in [-0.3, -0.25) is 0 Å². The molecular weight excluding hydrogens is 190 g/mol. The fraction of sp³-hybridized carbons (Fsp3) is 0.364. The van der Waals surface area contributed by atoms with E-state index in [0.29, 0.717) is 6.54 Å². The molecule has 2 N–H and O–H groups in total. The number of pyridine rings is 1. The van der Waals surface area contributed by atoms with Crippen LogP contribution in [0.15, 0.2) is 18.5 Å². The van der Waals surface area contributed by atoms with Crippen molar-refractivity contribution in [2.45, 2.75) is 6.42 Å². The van der Waals surface area contributed by atoms with E-state index in [4.69, 9.17) is 10.5 Å². The second-order valence-corrected chi connectivity index (χ2v) is 3.52. The lowest BCUT2D eigenvalue weighted by Gasteiger charge is -2.03. The number of rotatable bonds is 3. The normalized spacial score (nSPS) is 10.9. The summed E-state index contributed by atoms with van der Waals surface area (Å²) in [6.07, 6.45) is 4.67. The lowest BCUT2D eigenvalue weighted by atomic mass is 10.1. The SMILES string of the molecule is COc1ccnc2c1c(CCN)cn2C. The predicted molar refractivity (Wildman–Crippen MR) is 60.0 cm³/mol. The van der Waals surface area contributed by atoms with Gasteiger partial charge in [0, 0.05) is 19.4 Å². The van der Waals surface area contributed by atoms with Gasteiger partial charge in [-0.2, -0.15) is 0 Å². The number of aryl methyl sites for hydroxylation is 1. The number of nitrogens with zero attached hydrogens (tertiary/aromatic N) is 2. The Morgan fingerprint density at radius 3 is 3.00 bits per heavy atom. The van der Waals surface area contributed by atoms with Gasteiger partial charge < -0.3 is 15.0 Å². The van der Waals surface area contributed by atoms with Crippen LogP contribution in [-0.2, 0) is 13.5 Å². The first-order valence-electron chi connectivity index (χ1n) is 4.95. The summed E-state index contributed by atoms with van der Waals surface area (Å²) in [7, 11) is 3.66. The minimum atomic E-state index is 0.636. The highest BCUT2D eigenvalue weighted by Crippen LogP contribution is 2.28. The topological polar surface area (TPSA) is 53.1 Å². The summed E-state index contributed by atoms with van der Waals surface area (Å²) in [6.45, 7) is 0.636. The van der Waals surface area contributed by atoms with Gasteiger partial charge >= 0.3 is 0 Å². The van der Waals surface area contributed by atoms with E-state index >= 15 is 0 Å². The summed E-state index contributed by atoms with van der Waals surface area (Å²) < 4.78 is 7.34. The number of hydrogen-bond acceptors (Lipinski definition) is 3. The van der Waals surface area contributed by atoms with Crippen LogP contribution in [0.5, 0.6) is 5.75 Å². The molecule has 4 heteroatoms. The molecule has 0 aromatic carbocycles. The van der Waals surface area contributed by atoms with E-state index in [2.05, 4.69) is 11.2 Å². The zero-order valence-corrected chi connectivity index (χ0v) is 9.03. The van der Waals surface area contributed by atoms with Crippen molar-refractivity contribution in [2.24, 2.45) is 12.8 Å². The van der Waals surface area contributed by atoms with Crippen molar-refractivity contribution >= 4 is 11.0 Å². The molecule has 0 spiro atoms. The van der Waals surface area contributed by atoms with Crippen molar-refractivity contribution in [1.82, 2.24) is 9.55 Å². The van der Waals surface area contributed by atoms with Crippen LogP contribution < -0.4 is 10.5 Å². The molecule has 0 aliphatic heterocycles. The van der Waals surface area contributed by atoms with Gasteiger partial charge in [-0.1, -0.05) is 0 Å². The maximum Gasteiger partial charge on any atom is 0.143 e. The molecule has 4 nitrogen and oxygen atoms in total. The molecule has 15 heavy (non-hydrogen) atoms. The molecule has 2 aromatic rings. The number of methoxy groups -OCH3 is 1. The van der Waals surface area contributed by atoms with Crippen molar-refractivity contribution in [3.63, 3.8) is 0 Å². The smallest absolute Gasteiger partial charge is 0.143 e. The van der Waals surface area contributed by atoms with Crippen LogP contribution >= 0.6 is 0 Å². The highest BCUT2D eigenvalue weighted by molar-refractivity contribution is 5.86. The van der Waals surface area contributed by atoms with Crippen LogP contribution in [0.4, 0.5) is 0 Å². The van der Waals surface area contributed by atoms with Crippen LogP contribution in [-0.4, -0.2) is 23.2 Å². The first kappa shape index (κ1) is 9.98. The van der Waals surface area contributed by atoms with Crippen LogP contribution in [0.25, 0.3) is 11.0 Å². The summed E-state index contributed by atoms with van der Waals surface area (Å²) in [4.78, 5) is 4.33. The molecule has 0 saturated heterocycles. The lowest BCUT2D eigenvalue weighted by molar-refractivity contribution is 0.419. The van der Waals surface area contributed by atoms with Crippen molar-refractivity contribution in [3.05, 3.63) is 24.0 Å². The zero-order chi connectivity index (χ0) is 10.8. The molecule has 0 radical (unpaired) electrons. The lowest BCUT2D eigenvalue weighted by Crippen LogP contribution is -2.02. The summed E-state index contributed by atoms with van der Waals surface area (Å²) >= 11 is 0. The minimum Gasteiger partial charge on any atom is -0.496 e. The fourth-order valence-electron chi connectivity index (χ4n) is 1.88. The zero-order valence-electron chi connectivity index (χ0n) is 9.03. The molecule has 0 saturated carbocycles. The average molecular weight is 205 g/mol. The molecule has 2 heterocycles. The minimum absolute atomic E-state index is 0.636. The molecule has 0 amide bonds. The third kappa shape index (κ3) is 1.57. The number of hydrogen-bond donors (Lipinski definition) is 1. The predicted octanol–water partition coefficient (Wildman–Crippen LogP) is 1.08. The summed E-state index contributed by atoms with van der Waals surface area (Å²) in [5, 5.41) is 1.08. The molecule has 2 rings (SSSR count). The second-order valence-electron chi connectivity index (χ2n) is 3.52. The molecule has 80 valence electrons. The van der Waals surface area contributed by atoms with Crippen molar-refractivity contribution in [2.75, 3.05) is 13.7 Å². The van der Waals surface area contributed by atoms with Crippen molar-refractivity contribution in [1.29, 1.82) is 0 Å². The van der Waals surface area contributed by atoms with E-state index in [-0.39, 0.29) is 0 Å². The van der Waals surface area contributed by atoms with Gasteiger partial charge in [0.15, 0.2) is 0 Å². The average Bonchev–Trinajstić information content (AvgIpc) is 2.57. The van der Waals surface area contributed by atoms with E-state index in [1.807, 2.05) is 17.7 Å². The van der Waals surface area contributed by atoms with Gasteiger partial charge in [0.1, 0.15) is 11.4 Å². The Labute approximate surface area is 88.7 Å². The Hall–Kier alpha value is -1.55. The van der Waals surface area contributed by atoms with Gasteiger partial charge in [0.05, 0.1) is 12.5 Å². The third-order valence-electron chi connectivity index (χ3n) is 2.53. The number of fused-ring (bicyclic) bond motifs is 1. The van der Waals surface area contributed by atoms with Gasteiger partial charge in [0.25, 0.3) is 0 Å². The monoisotopic (exact) mass is 205 g/mol. The van der Waals surface area contributed by atoms with Gasteiger partial charge in [-0.15, -0.1) is 0 Å². The number of aromatic nitrogens is 2. The molecule has 2 aromatic heterocycles. The highest BCUT2D eigenvalue weighted by Gasteiger charge is 2.11. The first-order chi connectivity index (χ1) is 7.27. The summed E-state index contributed by atoms with van der Waals surface area (Å²) in [5.41, 5.74) is 7.72. The highest BCUT2D eigenvalue weighted by atomic mass is 16.5. The molecule has 0 unspecified atom stereocenters. The third-order valence-corrected chi connectivity index (χ3v) is 2.53. The first-order valence-corrected chi connectivity index (χ1v) is 4.95. The maximum atomic E-state index is 5.58. The second kappa shape index (κ2) is 3.90. The van der Waals surface area contributed by atoms with E-state index < -0.39 is 0 Å². The van der Waals surface area contributed by atoms with Gasteiger partial charge in [-0.05, 0) is 24.6 Å². The molecule has 0 atom stereocenters. The van der Waals surface area contributed by atoms with E-state index in [1.54, 1.807) is 13.3 Å². The Kier molecular flexibility index (Phi) is 2.60. The largest absolute Gasteiger partial charge is 0.496 e. The Bertz CT molecular complexity index is 476. The number of ether oxygens (including phenoxy) is 1.